The number of alkyl carbamates (subject to hydrolysis) is 1. The lowest BCUT2D eigenvalue weighted by Crippen LogP contribution is -2.46. The number of carbonyl (C=O) groups excluding carboxylic acids is 2. The predicted molar refractivity (Wildman–Crippen MR) is 114 cm³/mol. The van der Waals surface area contributed by atoms with Gasteiger partial charge in [-0.2, -0.15) is 0 Å². The van der Waals surface area contributed by atoms with Crippen LogP contribution >= 0.6 is 0 Å². The summed E-state index contributed by atoms with van der Waals surface area (Å²) in [6.45, 7) is 1.24. The summed E-state index contributed by atoms with van der Waals surface area (Å²) >= 11 is 0. The normalized spacial score (nSPS) is 14.1. The molecule has 0 aromatic heterocycles. The molecule has 0 radical (unpaired) electrons. The number of benzene rings is 2. The number of carbonyl (C=O) groups is 3. The molecule has 0 bridgehead atoms. The number of rotatable bonds is 9. The van der Waals surface area contributed by atoms with Gasteiger partial charge in [-0.25, -0.2) is 9.59 Å². The van der Waals surface area contributed by atoms with Crippen molar-refractivity contribution in [3.63, 3.8) is 0 Å². The number of amides is 2. The number of aliphatic carboxylic acids is 1. The number of hydrogen-bond donors (Lipinski definition) is 4. The fourth-order valence-electron chi connectivity index (χ4n) is 3.77. The van der Waals surface area contributed by atoms with Crippen molar-refractivity contribution in [3.05, 3.63) is 59.7 Å². The van der Waals surface area contributed by atoms with Gasteiger partial charge in [-0.1, -0.05) is 55.5 Å². The van der Waals surface area contributed by atoms with Crippen molar-refractivity contribution in [3.8, 4) is 11.1 Å². The number of fused-ring (bicyclic) bond motifs is 3. The summed E-state index contributed by atoms with van der Waals surface area (Å²) in [6, 6.07) is 14.1. The van der Waals surface area contributed by atoms with E-state index in [1.165, 1.54) is 0 Å². The van der Waals surface area contributed by atoms with Crippen LogP contribution in [0.2, 0.25) is 0 Å². The largest absolute Gasteiger partial charge is 0.480 e. The van der Waals surface area contributed by atoms with Gasteiger partial charge in [0.15, 0.2) is 0 Å². The standard InChI is InChI=1S/C23H26N2O6/c1-2-14(11-21(27)25-20(12-26)22(28)29)24-23(30)31-13-19-17-9-5-3-7-15(17)16-8-4-6-10-18(16)19/h3-10,14,19-20,26H,2,11-13H2,1H3,(H,24,30)(H,25,27)(H,28,29)/t14-,20?/m1/s1. The van der Waals surface area contributed by atoms with Crippen molar-refractivity contribution < 1.29 is 29.3 Å². The Bertz CT molecular complexity index is 915. The second-order valence-electron chi connectivity index (χ2n) is 7.42. The average molecular weight is 426 g/mol. The quantitative estimate of drug-likeness (QED) is 0.487. The van der Waals surface area contributed by atoms with Crippen molar-refractivity contribution in [2.24, 2.45) is 0 Å². The second-order valence-corrected chi connectivity index (χ2v) is 7.42. The third-order valence-electron chi connectivity index (χ3n) is 5.41. The van der Waals surface area contributed by atoms with Gasteiger partial charge < -0.3 is 25.6 Å². The molecular formula is C23H26N2O6. The first-order valence-electron chi connectivity index (χ1n) is 10.2. The van der Waals surface area contributed by atoms with Gasteiger partial charge in [0.25, 0.3) is 0 Å². The first-order valence-corrected chi connectivity index (χ1v) is 10.2. The summed E-state index contributed by atoms with van der Waals surface area (Å²) in [5.41, 5.74) is 4.47. The smallest absolute Gasteiger partial charge is 0.407 e. The lowest BCUT2D eigenvalue weighted by Gasteiger charge is -2.19. The second kappa shape index (κ2) is 10.1. The van der Waals surface area contributed by atoms with Gasteiger partial charge in [0.2, 0.25) is 5.91 Å². The monoisotopic (exact) mass is 426 g/mol. The molecule has 1 aliphatic carbocycles. The van der Waals surface area contributed by atoms with E-state index in [0.29, 0.717) is 6.42 Å². The molecule has 0 fully saturated rings. The molecule has 164 valence electrons. The van der Waals surface area contributed by atoms with Crippen LogP contribution in [0.25, 0.3) is 11.1 Å². The molecule has 1 aliphatic rings. The highest BCUT2D eigenvalue weighted by Gasteiger charge is 2.29. The molecule has 1 unspecified atom stereocenters. The molecule has 2 aromatic carbocycles. The lowest BCUT2D eigenvalue weighted by molar-refractivity contribution is -0.143. The Morgan fingerprint density at radius 2 is 1.58 bits per heavy atom. The van der Waals surface area contributed by atoms with Crippen LogP contribution in [0.3, 0.4) is 0 Å². The maximum Gasteiger partial charge on any atom is 0.407 e. The Morgan fingerprint density at radius 3 is 2.10 bits per heavy atom. The van der Waals surface area contributed by atoms with E-state index in [-0.39, 0.29) is 18.9 Å². The minimum atomic E-state index is -1.38. The van der Waals surface area contributed by atoms with Gasteiger partial charge in [-0.15, -0.1) is 0 Å². The third-order valence-corrected chi connectivity index (χ3v) is 5.41. The van der Waals surface area contributed by atoms with E-state index in [9.17, 15) is 14.4 Å². The molecule has 3 rings (SSSR count). The van der Waals surface area contributed by atoms with Crippen molar-refractivity contribution in [2.45, 2.75) is 37.8 Å². The number of carboxylic acids is 1. The first-order chi connectivity index (χ1) is 14.9. The number of nitrogens with one attached hydrogen (secondary N) is 2. The Morgan fingerprint density at radius 1 is 1.00 bits per heavy atom. The van der Waals surface area contributed by atoms with Crippen LogP contribution in [-0.2, 0) is 14.3 Å². The number of aliphatic hydroxyl groups excluding tert-OH is 1. The molecule has 0 heterocycles. The minimum absolute atomic E-state index is 0.0672. The molecule has 4 N–H and O–H groups in total. The van der Waals surface area contributed by atoms with Crippen LogP contribution in [0, 0.1) is 0 Å². The van der Waals surface area contributed by atoms with Crippen LogP contribution in [0.15, 0.2) is 48.5 Å². The summed E-state index contributed by atoms with van der Waals surface area (Å²) in [4.78, 5) is 35.3. The number of aliphatic hydroxyl groups is 1. The number of carboxylic acid groups (broad SMARTS) is 1. The van der Waals surface area contributed by atoms with Gasteiger partial charge in [0.05, 0.1) is 6.61 Å². The van der Waals surface area contributed by atoms with E-state index < -0.39 is 36.7 Å². The summed E-state index contributed by atoms with van der Waals surface area (Å²) in [6.07, 6.45) is -0.308. The zero-order valence-corrected chi connectivity index (χ0v) is 17.2. The maximum absolute atomic E-state index is 12.4. The molecular weight excluding hydrogens is 400 g/mol. The summed E-state index contributed by atoms with van der Waals surface area (Å²) < 4.78 is 5.48. The zero-order valence-electron chi connectivity index (χ0n) is 17.2. The van der Waals surface area contributed by atoms with E-state index >= 15 is 0 Å². The van der Waals surface area contributed by atoms with Crippen LogP contribution < -0.4 is 10.6 Å². The van der Waals surface area contributed by atoms with E-state index in [1.54, 1.807) is 6.92 Å². The Labute approximate surface area is 180 Å². The highest BCUT2D eigenvalue weighted by Crippen LogP contribution is 2.44. The molecule has 0 saturated heterocycles. The molecule has 0 aliphatic heterocycles. The molecule has 0 spiro atoms. The molecule has 2 amide bonds. The predicted octanol–water partition coefficient (Wildman–Crippen LogP) is 2.26. The fraction of sp³-hybridized carbons (Fsp3) is 0.348. The van der Waals surface area contributed by atoms with Gasteiger partial charge in [0, 0.05) is 18.4 Å². The van der Waals surface area contributed by atoms with Crippen molar-refractivity contribution in [1.82, 2.24) is 10.6 Å². The van der Waals surface area contributed by atoms with Gasteiger partial charge in [-0.05, 0) is 28.7 Å². The van der Waals surface area contributed by atoms with Crippen LogP contribution in [-0.4, -0.2) is 53.5 Å². The van der Waals surface area contributed by atoms with E-state index in [1.807, 2.05) is 36.4 Å². The molecule has 8 heteroatoms. The molecule has 2 atom stereocenters. The summed E-state index contributed by atoms with van der Waals surface area (Å²) in [5, 5.41) is 22.8. The minimum Gasteiger partial charge on any atom is -0.480 e. The third kappa shape index (κ3) is 5.21. The number of hydrogen-bond acceptors (Lipinski definition) is 5. The van der Waals surface area contributed by atoms with Crippen molar-refractivity contribution in [2.75, 3.05) is 13.2 Å². The van der Waals surface area contributed by atoms with Crippen LogP contribution in [0.1, 0.15) is 36.8 Å². The van der Waals surface area contributed by atoms with E-state index in [0.717, 1.165) is 22.3 Å². The zero-order chi connectivity index (χ0) is 22.4. The van der Waals surface area contributed by atoms with E-state index in [2.05, 4.69) is 22.8 Å². The van der Waals surface area contributed by atoms with Gasteiger partial charge in [0.1, 0.15) is 12.6 Å². The van der Waals surface area contributed by atoms with Crippen LogP contribution in [0.5, 0.6) is 0 Å². The molecule has 2 aromatic rings. The van der Waals surface area contributed by atoms with Crippen molar-refractivity contribution in [1.29, 1.82) is 0 Å². The molecule has 31 heavy (non-hydrogen) atoms. The molecule has 0 saturated carbocycles. The van der Waals surface area contributed by atoms with Crippen LogP contribution in [0.4, 0.5) is 4.79 Å². The lowest BCUT2D eigenvalue weighted by atomic mass is 9.98. The average Bonchev–Trinajstić information content (AvgIpc) is 3.09. The Hall–Kier alpha value is -3.39. The van der Waals surface area contributed by atoms with E-state index in [4.69, 9.17) is 14.9 Å². The van der Waals surface area contributed by atoms with Gasteiger partial charge >= 0.3 is 12.1 Å². The summed E-state index contributed by atoms with van der Waals surface area (Å²) in [5.74, 6) is -1.97. The molecule has 8 nitrogen and oxygen atoms in total. The van der Waals surface area contributed by atoms with Crippen molar-refractivity contribution >= 4 is 18.0 Å². The Balaban J connectivity index is 1.57. The summed E-state index contributed by atoms with van der Waals surface area (Å²) in [7, 11) is 0. The van der Waals surface area contributed by atoms with Gasteiger partial charge in [-0.3, -0.25) is 4.79 Å². The SMILES string of the molecule is CC[C@H](CC(=O)NC(CO)C(=O)O)NC(=O)OCC1c2ccccc2-c2ccccc21. The fourth-order valence-corrected chi connectivity index (χ4v) is 3.77. The highest BCUT2D eigenvalue weighted by molar-refractivity contribution is 5.84. The Kier molecular flexibility index (Phi) is 7.25. The first kappa shape index (κ1) is 22.3. The maximum atomic E-state index is 12.4. The highest BCUT2D eigenvalue weighted by atomic mass is 16.5. The number of ether oxygens (including phenoxy) is 1. The topological polar surface area (TPSA) is 125 Å².